The highest BCUT2D eigenvalue weighted by molar-refractivity contribution is 6.30. The molecule has 100 valence electrons. The molecule has 2 fully saturated rings. The maximum atomic E-state index is 10.3. The molecule has 2 unspecified atom stereocenters. The number of benzene rings is 1. The Morgan fingerprint density at radius 1 is 1.21 bits per heavy atom. The molecule has 3 rings (SSSR count). The normalized spacial score (nSPS) is 23.4. The zero-order valence-corrected chi connectivity index (χ0v) is 11.4. The van der Waals surface area contributed by atoms with Crippen LogP contribution in [-0.4, -0.2) is 4.92 Å². The fourth-order valence-electron chi connectivity index (χ4n) is 2.80. The van der Waals surface area contributed by atoms with E-state index in [0.717, 1.165) is 0 Å². The minimum atomic E-state index is -0.535. The topological polar surface area (TPSA) is 43.1 Å². The first kappa shape index (κ1) is 13.9. The molecule has 4 heteroatoms. The Balaban J connectivity index is 0.000000159. The molecule has 0 bridgehead atoms. The highest BCUT2D eigenvalue weighted by atomic mass is 35.5. The number of hydrogen-bond acceptors (Lipinski definition) is 2. The van der Waals surface area contributed by atoms with E-state index in [1.54, 1.807) is 25.7 Å². The van der Waals surface area contributed by atoms with E-state index in [4.69, 9.17) is 18.0 Å². The predicted octanol–water partition coefficient (Wildman–Crippen LogP) is 4.43. The summed E-state index contributed by atoms with van der Waals surface area (Å²) in [6, 6.07) is 4.04. The van der Waals surface area contributed by atoms with E-state index in [1.165, 1.54) is 36.5 Å². The van der Waals surface area contributed by atoms with Crippen LogP contribution in [0.15, 0.2) is 18.2 Å². The van der Waals surface area contributed by atoms with Gasteiger partial charge in [0.05, 0.1) is 4.92 Å². The van der Waals surface area contributed by atoms with Gasteiger partial charge < -0.3 is 0 Å². The number of rotatable bonds is 1. The lowest BCUT2D eigenvalue weighted by Crippen LogP contribution is -2.18. The molecular weight excluding hydrogens is 262 g/mol. The maximum absolute atomic E-state index is 10.3. The zero-order chi connectivity index (χ0) is 13.8. The summed E-state index contributed by atoms with van der Waals surface area (Å²) < 4.78 is 0. The van der Waals surface area contributed by atoms with Crippen molar-refractivity contribution < 1.29 is 4.92 Å². The number of terminal acetylenes is 1. The second-order valence-corrected chi connectivity index (χ2v) is 5.56. The van der Waals surface area contributed by atoms with Crippen molar-refractivity contribution in [3.8, 4) is 12.3 Å². The zero-order valence-electron chi connectivity index (χ0n) is 10.6. The summed E-state index contributed by atoms with van der Waals surface area (Å²) in [7, 11) is 0. The number of fused-ring (bicyclic) bond motifs is 1. The van der Waals surface area contributed by atoms with Crippen molar-refractivity contribution in [2.24, 2.45) is 11.8 Å². The second kappa shape index (κ2) is 6.08. The number of nitro benzene ring substituents is 1. The van der Waals surface area contributed by atoms with Crippen molar-refractivity contribution in [2.75, 3.05) is 0 Å². The van der Waals surface area contributed by atoms with Gasteiger partial charge in [-0.05, 0) is 30.7 Å². The maximum Gasteiger partial charge on any atom is 0.272 e. The minimum Gasteiger partial charge on any atom is -0.258 e. The third-order valence-corrected chi connectivity index (χ3v) is 4.20. The highest BCUT2D eigenvalue weighted by Crippen LogP contribution is 2.46. The fraction of sp³-hybridized carbons (Fsp3) is 0.467. The largest absolute Gasteiger partial charge is 0.272 e. The number of halogens is 1. The first-order valence-corrected chi connectivity index (χ1v) is 6.89. The standard InChI is InChI=1S/C8H4ClNO2.C7H12/c1-2-6-3-7(9)5-8(4-6)10(11)12;1-2-6-4-5-7(6)3-1/h1,3-5H;6-7H,1-5H2. The quantitative estimate of drug-likeness (QED) is 0.433. The Labute approximate surface area is 118 Å². The van der Waals surface area contributed by atoms with Crippen LogP contribution in [0.25, 0.3) is 0 Å². The van der Waals surface area contributed by atoms with Gasteiger partial charge in [0.1, 0.15) is 0 Å². The number of nitrogens with zero attached hydrogens (tertiary/aromatic N) is 1. The minimum absolute atomic E-state index is 0.0875. The SMILES string of the molecule is C#Cc1cc(Cl)cc([N+](=O)[O-])c1.C1CC2CCC2C1. The fourth-order valence-corrected chi connectivity index (χ4v) is 3.03. The van der Waals surface area contributed by atoms with E-state index in [2.05, 4.69) is 5.92 Å². The van der Waals surface area contributed by atoms with E-state index in [1.807, 2.05) is 0 Å². The molecule has 0 aromatic heterocycles. The van der Waals surface area contributed by atoms with Crippen LogP contribution in [0.4, 0.5) is 5.69 Å². The number of nitro groups is 1. The molecule has 0 heterocycles. The van der Waals surface area contributed by atoms with Crippen molar-refractivity contribution in [2.45, 2.75) is 32.1 Å². The third-order valence-electron chi connectivity index (χ3n) is 3.98. The molecule has 0 aliphatic heterocycles. The van der Waals surface area contributed by atoms with Crippen LogP contribution in [0.1, 0.15) is 37.7 Å². The molecule has 0 spiro atoms. The van der Waals surface area contributed by atoms with E-state index in [9.17, 15) is 10.1 Å². The Bertz CT molecular complexity index is 511. The van der Waals surface area contributed by atoms with Gasteiger partial charge in [-0.15, -0.1) is 6.42 Å². The van der Waals surface area contributed by atoms with Crippen molar-refractivity contribution in [3.05, 3.63) is 38.9 Å². The first-order valence-electron chi connectivity index (χ1n) is 6.51. The molecule has 19 heavy (non-hydrogen) atoms. The molecular formula is C15H16ClNO2. The van der Waals surface area contributed by atoms with Gasteiger partial charge in [-0.3, -0.25) is 10.1 Å². The second-order valence-electron chi connectivity index (χ2n) is 5.13. The summed E-state index contributed by atoms with van der Waals surface area (Å²) in [6.45, 7) is 0. The Morgan fingerprint density at radius 3 is 2.26 bits per heavy atom. The van der Waals surface area contributed by atoms with Crippen molar-refractivity contribution in [1.29, 1.82) is 0 Å². The molecule has 2 aliphatic carbocycles. The number of non-ortho nitro benzene ring substituents is 1. The van der Waals surface area contributed by atoms with Crippen LogP contribution in [0.5, 0.6) is 0 Å². The average molecular weight is 278 g/mol. The Morgan fingerprint density at radius 2 is 1.84 bits per heavy atom. The molecule has 2 saturated carbocycles. The highest BCUT2D eigenvalue weighted by Gasteiger charge is 2.34. The van der Waals surface area contributed by atoms with E-state index in [-0.39, 0.29) is 10.7 Å². The molecule has 1 aromatic rings. The molecule has 2 aliphatic rings. The lowest BCUT2D eigenvalue weighted by Gasteiger charge is -2.29. The average Bonchev–Trinajstić information content (AvgIpc) is 2.68. The Kier molecular flexibility index (Phi) is 4.44. The molecule has 0 saturated heterocycles. The van der Waals surface area contributed by atoms with Gasteiger partial charge in [0.2, 0.25) is 0 Å². The summed E-state index contributed by atoms with van der Waals surface area (Å²) in [5.74, 6) is 4.66. The van der Waals surface area contributed by atoms with Crippen LogP contribution >= 0.6 is 11.6 Å². The molecule has 3 nitrogen and oxygen atoms in total. The summed E-state index contributed by atoms with van der Waals surface area (Å²) in [4.78, 5) is 9.76. The van der Waals surface area contributed by atoms with Crippen LogP contribution < -0.4 is 0 Å². The Hall–Kier alpha value is -1.53. The van der Waals surface area contributed by atoms with Gasteiger partial charge in [-0.25, -0.2) is 0 Å². The first-order chi connectivity index (χ1) is 9.10. The van der Waals surface area contributed by atoms with E-state index < -0.39 is 4.92 Å². The summed E-state index contributed by atoms with van der Waals surface area (Å²) in [5, 5.41) is 10.6. The summed E-state index contributed by atoms with van der Waals surface area (Å²) in [5.41, 5.74) is 0.324. The van der Waals surface area contributed by atoms with E-state index >= 15 is 0 Å². The molecule has 0 amide bonds. The van der Waals surface area contributed by atoms with Gasteiger partial charge in [0.15, 0.2) is 0 Å². The van der Waals surface area contributed by atoms with Gasteiger partial charge in [0, 0.05) is 22.7 Å². The van der Waals surface area contributed by atoms with Gasteiger partial charge in [-0.2, -0.15) is 0 Å². The number of hydrogen-bond donors (Lipinski definition) is 0. The van der Waals surface area contributed by atoms with E-state index in [0.29, 0.717) is 5.56 Å². The van der Waals surface area contributed by atoms with Gasteiger partial charge in [0.25, 0.3) is 5.69 Å². The molecule has 2 atom stereocenters. The third kappa shape index (κ3) is 3.48. The van der Waals surface area contributed by atoms with Crippen molar-refractivity contribution in [3.63, 3.8) is 0 Å². The van der Waals surface area contributed by atoms with Crippen LogP contribution in [0.2, 0.25) is 5.02 Å². The van der Waals surface area contributed by atoms with Crippen LogP contribution in [-0.2, 0) is 0 Å². The van der Waals surface area contributed by atoms with Gasteiger partial charge in [-0.1, -0.05) is 36.8 Å². The summed E-state index contributed by atoms with van der Waals surface area (Å²) in [6.07, 6.45) is 12.8. The molecule has 0 N–H and O–H groups in total. The van der Waals surface area contributed by atoms with Crippen LogP contribution in [0.3, 0.4) is 0 Å². The smallest absolute Gasteiger partial charge is 0.258 e. The molecule has 0 radical (unpaired) electrons. The monoisotopic (exact) mass is 277 g/mol. The predicted molar refractivity (Wildman–Crippen MR) is 76.1 cm³/mol. The van der Waals surface area contributed by atoms with Crippen molar-refractivity contribution >= 4 is 17.3 Å². The van der Waals surface area contributed by atoms with Crippen molar-refractivity contribution in [1.82, 2.24) is 0 Å². The summed E-state index contributed by atoms with van der Waals surface area (Å²) >= 11 is 5.57. The van der Waals surface area contributed by atoms with Crippen LogP contribution in [0, 0.1) is 34.3 Å². The lowest BCUT2D eigenvalue weighted by atomic mass is 9.77. The van der Waals surface area contributed by atoms with Gasteiger partial charge >= 0.3 is 0 Å². The molecule has 1 aromatic carbocycles. The lowest BCUT2D eigenvalue weighted by molar-refractivity contribution is -0.384.